The number of ketones is 1. The molecule has 0 bridgehead atoms. The lowest BCUT2D eigenvalue weighted by Crippen LogP contribution is -2.36. The normalized spacial score (nSPS) is 15.6. The van der Waals surface area contributed by atoms with Gasteiger partial charge in [0.25, 0.3) is 0 Å². The highest BCUT2D eigenvalue weighted by Crippen LogP contribution is 2.45. The average molecular weight is 630 g/mol. The van der Waals surface area contributed by atoms with E-state index in [9.17, 15) is 14.7 Å². The quantitative estimate of drug-likeness (QED) is 0.126. The zero-order chi connectivity index (χ0) is 33.4. The Labute approximate surface area is 281 Å². The van der Waals surface area contributed by atoms with Crippen molar-refractivity contribution in [2.45, 2.75) is 85.6 Å². The first-order valence-corrected chi connectivity index (χ1v) is 17.5. The monoisotopic (exact) mass is 629 g/mol. The Balaban J connectivity index is 1.45. The van der Waals surface area contributed by atoms with Gasteiger partial charge in [0.15, 0.2) is 5.78 Å². The lowest BCUT2D eigenvalue weighted by molar-refractivity contribution is -0.137. The summed E-state index contributed by atoms with van der Waals surface area (Å²) in [6, 6.07) is 26.1. The number of aliphatic carboxylic acids is 1. The van der Waals surface area contributed by atoms with Gasteiger partial charge in [0.05, 0.1) is 0 Å². The van der Waals surface area contributed by atoms with Crippen molar-refractivity contribution in [2.75, 3.05) is 0 Å². The van der Waals surface area contributed by atoms with E-state index in [1.165, 1.54) is 22.3 Å². The third kappa shape index (κ3) is 8.80. The number of nitrogens with zero attached hydrogens (tertiary/aromatic N) is 1. The van der Waals surface area contributed by atoms with E-state index in [0.717, 1.165) is 55.0 Å². The van der Waals surface area contributed by atoms with E-state index in [1.807, 2.05) is 36.5 Å². The van der Waals surface area contributed by atoms with Gasteiger partial charge in [-0.15, -0.1) is 0 Å². The maximum Gasteiger partial charge on any atom is 0.303 e. The van der Waals surface area contributed by atoms with Crippen molar-refractivity contribution >= 4 is 22.7 Å². The van der Waals surface area contributed by atoms with Gasteiger partial charge < -0.3 is 9.67 Å². The number of carboxylic acids is 1. The van der Waals surface area contributed by atoms with E-state index >= 15 is 0 Å². The minimum atomic E-state index is -0.800. The van der Waals surface area contributed by atoms with Crippen LogP contribution < -0.4 is 0 Å². The molecule has 0 amide bonds. The number of hydrogen-bond donors (Lipinski definition) is 1. The molecule has 3 aromatic carbocycles. The molecule has 4 aromatic rings. The van der Waals surface area contributed by atoms with Crippen molar-refractivity contribution in [1.29, 1.82) is 0 Å². The molecule has 246 valence electrons. The molecule has 1 N–H and O–H groups in total. The average Bonchev–Trinajstić information content (AvgIpc) is 3.42. The molecule has 4 nitrogen and oxygen atoms in total. The lowest BCUT2D eigenvalue weighted by atomic mass is 9.64. The minimum absolute atomic E-state index is 0.103. The molecule has 1 atom stereocenters. The fourth-order valence-corrected chi connectivity index (χ4v) is 7.25. The fourth-order valence-electron chi connectivity index (χ4n) is 7.25. The summed E-state index contributed by atoms with van der Waals surface area (Å²) in [7, 11) is 0. The highest BCUT2D eigenvalue weighted by Gasteiger charge is 2.41. The number of allylic oxidation sites excluding steroid dienone is 4. The zero-order valence-electron chi connectivity index (χ0n) is 28.6. The van der Waals surface area contributed by atoms with E-state index in [1.54, 1.807) is 0 Å². The van der Waals surface area contributed by atoms with Crippen molar-refractivity contribution in [2.24, 2.45) is 23.2 Å². The summed E-state index contributed by atoms with van der Waals surface area (Å²) in [4.78, 5) is 26.0. The molecular weight excluding hydrogens is 578 g/mol. The van der Waals surface area contributed by atoms with Crippen molar-refractivity contribution in [3.05, 3.63) is 131 Å². The zero-order valence-corrected chi connectivity index (χ0v) is 28.6. The predicted molar refractivity (Wildman–Crippen MR) is 194 cm³/mol. The van der Waals surface area contributed by atoms with Crippen molar-refractivity contribution in [3.8, 4) is 0 Å². The van der Waals surface area contributed by atoms with Crippen LogP contribution in [-0.2, 0) is 37.0 Å². The molecule has 1 unspecified atom stereocenters. The maximum absolute atomic E-state index is 14.7. The third-order valence-corrected chi connectivity index (χ3v) is 9.68. The molecule has 0 saturated heterocycles. The number of para-hydroxylation sites is 1. The molecule has 1 aliphatic carbocycles. The number of benzene rings is 3. The first kappa shape index (κ1) is 34.2. The Morgan fingerprint density at radius 1 is 0.766 bits per heavy atom. The van der Waals surface area contributed by atoms with Crippen LogP contribution in [0.1, 0.15) is 86.0 Å². The topological polar surface area (TPSA) is 59.3 Å². The Morgan fingerprint density at radius 3 is 1.87 bits per heavy atom. The van der Waals surface area contributed by atoms with E-state index in [0.29, 0.717) is 24.8 Å². The van der Waals surface area contributed by atoms with E-state index in [-0.39, 0.29) is 23.5 Å². The van der Waals surface area contributed by atoms with Crippen molar-refractivity contribution < 1.29 is 14.7 Å². The second kappa shape index (κ2) is 15.6. The minimum Gasteiger partial charge on any atom is -0.481 e. The standard InChI is InChI=1S/C43H51NO3/c1-31(2)28-35-18-14-33(15-19-35)22-25-43(26-23-34-16-20-36(21-17-34)29-32(3)4)24-8-7-11-39(43)42(47)38-30-44(27-9-13-41(45)46)40-12-6-5-10-37(38)40/h5-8,10-12,14-21,24,30-32,39H,9,13,22-23,25-29H2,1-4H3,(H,45,46). The number of carboxylic acid groups (broad SMARTS) is 1. The van der Waals surface area contributed by atoms with Gasteiger partial charge in [-0.25, -0.2) is 0 Å². The number of aromatic nitrogens is 1. The van der Waals surface area contributed by atoms with Gasteiger partial charge in [0.2, 0.25) is 0 Å². The number of rotatable bonds is 16. The Morgan fingerprint density at radius 2 is 1.32 bits per heavy atom. The van der Waals surface area contributed by atoms with Crippen LogP contribution in [0.4, 0.5) is 0 Å². The molecule has 0 spiro atoms. The molecular formula is C43H51NO3. The largest absolute Gasteiger partial charge is 0.481 e. The smallest absolute Gasteiger partial charge is 0.303 e. The van der Waals surface area contributed by atoms with E-state index in [4.69, 9.17) is 0 Å². The first-order chi connectivity index (χ1) is 22.6. The van der Waals surface area contributed by atoms with Gasteiger partial charge in [-0.05, 0) is 85.1 Å². The van der Waals surface area contributed by atoms with Crippen LogP contribution in [0.2, 0.25) is 0 Å². The Bertz CT molecular complexity index is 1640. The summed E-state index contributed by atoms with van der Waals surface area (Å²) >= 11 is 0. The number of fused-ring (bicyclic) bond motifs is 1. The summed E-state index contributed by atoms with van der Waals surface area (Å²) < 4.78 is 2.06. The summed E-state index contributed by atoms with van der Waals surface area (Å²) in [5, 5.41) is 10.1. The molecule has 47 heavy (non-hydrogen) atoms. The molecule has 4 heteroatoms. The third-order valence-electron chi connectivity index (χ3n) is 9.68. The summed E-state index contributed by atoms with van der Waals surface area (Å²) in [6.07, 6.45) is 16.9. The van der Waals surface area contributed by atoms with Gasteiger partial charge in [-0.2, -0.15) is 0 Å². The molecule has 1 aromatic heterocycles. The van der Waals surface area contributed by atoms with Crippen LogP contribution in [0.3, 0.4) is 0 Å². The van der Waals surface area contributed by atoms with Crippen LogP contribution in [0.15, 0.2) is 103 Å². The molecule has 1 aliphatic rings. The van der Waals surface area contributed by atoms with Crippen LogP contribution in [-0.4, -0.2) is 21.4 Å². The van der Waals surface area contributed by atoms with E-state index in [2.05, 4.69) is 99.0 Å². The van der Waals surface area contributed by atoms with Gasteiger partial charge in [-0.1, -0.05) is 119 Å². The highest BCUT2D eigenvalue weighted by atomic mass is 16.4. The maximum atomic E-state index is 14.7. The summed E-state index contributed by atoms with van der Waals surface area (Å²) in [5.74, 6) is 0.283. The number of carbonyl (C=O) groups is 2. The van der Waals surface area contributed by atoms with Gasteiger partial charge in [0, 0.05) is 47.0 Å². The highest BCUT2D eigenvalue weighted by molar-refractivity contribution is 6.10. The number of Topliss-reactive ketones (excluding diaryl/α,β-unsaturated/α-hetero) is 1. The SMILES string of the molecule is CC(C)Cc1ccc(CCC2(CCc3ccc(CC(C)C)cc3)C=CC=CC2C(=O)c2cn(CCCC(=O)O)c3ccccc23)cc1. The van der Waals surface area contributed by atoms with Crippen LogP contribution in [0.25, 0.3) is 10.9 Å². The van der Waals surface area contributed by atoms with Crippen molar-refractivity contribution in [1.82, 2.24) is 4.57 Å². The molecule has 0 saturated carbocycles. The van der Waals surface area contributed by atoms with Crippen LogP contribution in [0.5, 0.6) is 0 Å². The van der Waals surface area contributed by atoms with Crippen LogP contribution in [0, 0.1) is 23.2 Å². The van der Waals surface area contributed by atoms with Gasteiger partial charge >= 0.3 is 5.97 Å². The Hall–Kier alpha value is -4.18. The molecule has 0 radical (unpaired) electrons. The first-order valence-electron chi connectivity index (χ1n) is 17.5. The van der Waals surface area contributed by atoms with Gasteiger partial charge in [0.1, 0.15) is 0 Å². The molecule has 5 rings (SSSR count). The van der Waals surface area contributed by atoms with Crippen LogP contribution >= 0.6 is 0 Å². The number of carbonyl (C=O) groups excluding carboxylic acids is 1. The predicted octanol–water partition coefficient (Wildman–Crippen LogP) is 10.1. The van der Waals surface area contributed by atoms with Gasteiger partial charge in [-0.3, -0.25) is 9.59 Å². The van der Waals surface area contributed by atoms with Crippen molar-refractivity contribution in [3.63, 3.8) is 0 Å². The van der Waals surface area contributed by atoms with E-state index < -0.39 is 5.97 Å². The second-order valence-corrected chi connectivity index (χ2v) is 14.4. The number of hydrogen-bond acceptors (Lipinski definition) is 2. The summed E-state index contributed by atoms with van der Waals surface area (Å²) in [6.45, 7) is 9.57. The fraction of sp³-hybridized carbons (Fsp3) is 0.395. The molecule has 0 fully saturated rings. The lowest BCUT2D eigenvalue weighted by Gasteiger charge is -2.38. The second-order valence-electron chi connectivity index (χ2n) is 14.4. The summed E-state index contributed by atoms with van der Waals surface area (Å²) in [5.41, 5.74) is 6.70. The molecule has 1 heterocycles. The molecule has 0 aliphatic heterocycles. The number of aryl methyl sites for hydroxylation is 3. The Kier molecular flexibility index (Phi) is 11.3.